The summed E-state index contributed by atoms with van der Waals surface area (Å²) in [4.78, 5) is 0. The first kappa shape index (κ1) is 14.5. The lowest BCUT2D eigenvalue weighted by atomic mass is 9.78. The van der Waals surface area contributed by atoms with Crippen LogP contribution in [0.25, 0.3) is 0 Å². The van der Waals surface area contributed by atoms with Crippen molar-refractivity contribution < 1.29 is 8.42 Å². The summed E-state index contributed by atoms with van der Waals surface area (Å²) in [5.74, 6) is 0.961. The van der Waals surface area contributed by atoms with E-state index in [-0.39, 0.29) is 11.8 Å². The fraction of sp³-hybridized carbons (Fsp3) is 0.600. The quantitative estimate of drug-likeness (QED) is 0.902. The van der Waals surface area contributed by atoms with Gasteiger partial charge >= 0.3 is 0 Å². The van der Waals surface area contributed by atoms with Gasteiger partial charge in [-0.2, -0.15) is 0 Å². The van der Waals surface area contributed by atoms with E-state index in [1.54, 1.807) is 6.92 Å². The summed E-state index contributed by atoms with van der Waals surface area (Å²) < 4.78 is 23.0. The molecule has 4 heteroatoms. The molecule has 2 rings (SSSR count). The maximum Gasteiger partial charge on any atom is 0.150 e. The predicted octanol–water partition coefficient (Wildman–Crippen LogP) is 2.46. The highest BCUT2D eigenvalue weighted by molar-refractivity contribution is 7.91. The van der Waals surface area contributed by atoms with Gasteiger partial charge in [0.15, 0.2) is 0 Å². The van der Waals surface area contributed by atoms with Crippen LogP contribution in [0.4, 0.5) is 0 Å². The molecule has 0 aliphatic heterocycles. The summed E-state index contributed by atoms with van der Waals surface area (Å²) in [7, 11) is -2.84. The van der Waals surface area contributed by atoms with Gasteiger partial charge in [0.05, 0.1) is 5.75 Å². The Bertz CT molecular complexity index is 525. The normalized spacial score (nSPS) is 23.1. The number of aryl methyl sites for hydroxylation is 1. The molecular weight excluding hydrogens is 258 g/mol. The van der Waals surface area contributed by atoms with Gasteiger partial charge < -0.3 is 5.73 Å². The molecule has 0 aromatic heterocycles. The third-order valence-corrected chi connectivity index (χ3v) is 5.97. The summed E-state index contributed by atoms with van der Waals surface area (Å²) >= 11 is 0. The standard InChI is InChI=1S/C15H23NO2S/c1-2-19(17,18)11-5-7-13-10-9-12-6-3-4-8-14(12)15(13)16/h3-4,6,8,13,15H,2,5,7,9-11,16H2,1H3. The van der Waals surface area contributed by atoms with E-state index in [1.807, 2.05) is 6.07 Å². The molecule has 2 unspecified atom stereocenters. The molecule has 1 aromatic rings. The fourth-order valence-corrected chi connectivity index (χ4v) is 3.79. The van der Waals surface area contributed by atoms with Crippen molar-refractivity contribution in [3.8, 4) is 0 Å². The van der Waals surface area contributed by atoms with Gasteiger partial charge in [-0.25, -0.2) is 8.42 Å². The summed E-state index contributed by atoms with van der Waals surface area (Å²) in [6, 6.07) is 8.40. The Hall–Kier alpha value is -0.870. The first-order valence-corrected chi connectivity index (χ1v) is 8.89. The highest BCUT2D eigenvalue weighted by Crippen LogP contribution is 2.35. The van der Waals surface area contributed by atoms with Crippen molar-refractivity contribution in [3.63, 3.8) is 0 Å². The Labute approximate surface area is 116 Å². The van der Waals surface area contributed by atoms with Gasteiger partial charge in [-0.1, -0.05) is 31.2 Å². The molecule has 0 fully saturated rings. The predicted molar refractivity (Wildman–Crippen MR) is 78.7 cm³/mol. The molecule has 0 bridgehead atoms. The zero-order chi connectivity index (χ0) is 13.9. The van der Waals surface area contributed by atoms with Crippen LogP contribution in [0.3, 0.4) is 0 Å². The Kier molecular flexibility index (Phi) is 4.63. The lowest BCUT2D eigenvalue weighted by molar-refractivity contribution is 0.352. The summed E-state index contributed by atoms with van der Waals surface area (Å²) in [5, 5.41) is 0. The minimum atomic E-state index is -2.84. The molecule has 0 saturated carbocycles. The molecule has 1 aliphatic carbocycles. The smallest absolute Gasteiger partial charge is 0.150 e. The van der Waals surface area contributed by atoms with Crippen molar-refractivity contribution in [3.05, 3.63) is 35.4 Å². The highest BCUT2D eigenvalue weighted by Gasteiger charge is 2.26. The van der Waals surface area contributed by atoms with Gasteiger partial charge in [0.25, 0.3) is 0 Å². The van der Waals surface area contributed by atoms with Crippen molar-refractivity contribution in [2.75, 3.05) is 11.5 Å². The minimum absolute atomic E-state index is 0.0641. The lowest BCUT2D eigenvalue weighted by Gasteiger charge is -2.31. The van der Waals surface area contributed by atoms with E-state index in [2.05, 4.69) is 18.2 Å². The number of benzene rings is 1. The molecule has 0 saturated heterocycles. The van der Waals surface area contributed by atoms with E-state index < -0.39 is 9.84 Å². The molecule has 1 aliphatic rings. The van der Waals surface area contributed by atoms with E-state index in [4.69, 9.17) is 5.73 Å². The zero-order valence-corrected chi connectivity index (χ0v) is 12.3. The first-order valence-electron chi connectivity index (χ1n) is 7.07. The second kappa shape index (κ2) is 6.06. The average molecular weight is 281 g/mol. The molecule has 0 heterocycles. The van der Waals surface area contributed by atoms with Crippen LogP contribution in [-0.4, -0.2) is 19.9 Å². The Balaban J connectivity index is 1.94. The summed E-state index contributed by atoms with van der Waals surface area (Å²) in [6.45, 7) is 1.71. The number of sulfone groups is 1. The van der Waals surface area contributed by atoms with E-state index >= 15 is 0 Å². The van der Waals surface area contributed by atoms with E-state index in [1.165, 1.54) is 11.1 Å². The van der Waals surface area contributed by atoms with Crippen molar-refractivity contribution in [1.29, 1.82) is 0 Å². The molecule has 2 atom stereocenters. The van der Waals surface area contributed by atoms with E-state index in [9.17, 15) is 8.42 Å². The molecule has 106 valence electrons. The maximum atomic E-state index is 11.5. The fourth-order valence-electron chi connectivity index (χ4n) is 2.90. The zero-order valence-electron chi connectivity index (χ0n) is 11.5. The van der Waals surface area contributed by atoms with Gasteiger partial charge in [-0.3, -0.25) is 0 Å². The second-order valence-electron chi connectivity index (χ2n) is 5.40. The highest BCUT2D eigenvalue weighted by atomic mass is 32.2. The third kappa shape index (κ3) is 3.57. The largest absolute Gasteiger partial charge is 0.324 e. The number of nitrogens with two attached hydrogens (primary N) is 1. The number of rotatable bonds is 5. The number of hydrogen-bond acceptors (Lipinski definition) is 3. The van der Waals surface area contributed by atoms with Gasteiger partial charge in [0.2, 0.25) is 0 Å². The molecule has 19 heavy (non-hydrogen) atoms. The van der Waals surface area contributed by atoms with Gasteiger partial charge in [0, 0.05) is 11.8 Å². The van der Waals surface area contributed by atoms with Crippen molar-refractivity contribution in [2.24, 2.45) is 11.7 Å². The van der Waals surface area contributed by atoms with Crippen LogP contribution in [-0.2, 0) is 16.3 Å². The monoisotopic (exact) mass is 281 g/mol. The van der Waals surface area contributed by atoms with Crippen LogP contribution >= 0.6 is 0 Å². The second-order valence-corrected chi connectivity index (χ2v) is 7.87. The lowest BCUT2D eigenvalue weighted by Crippen LogP contribution is -2.27. The van der Waals surface area contributed by atoms with Gasteiger partial charge in [-0.05, 0) is 42.7 Å². The van der Waals surface area contributed by atoms with Crippen molar-refractivity contribution >= 4 is 9.84 Å². The topological polar surface area (TPSA) is 60.2 Å². The average Bonchev–Trinajstić information content (AvgIpc) is 2.42. The van der Waals surface area contributed by atoms with E-state index in [0.717, 1.165) is 25.7 Å². The maximum absolute atomic E-state index is 11.5. The van der Waals surface area contributed by atoms with Gasteiger partial charge in [0.1, 0.15) is 9.84 Å². The van der Waals surface area contributed by atoms with Crippen molar-refractivity contribution in [1.82, 2.24) is 0 Å². The number of hydrogen-bond donors (Lipinski definition) is 1. The minimum Gasteiger partial charge on any atom is -0.324 e. The van der Waals surface area contributed by atoms with Crippen LogP contribution in [0.2, 0.25) is 0 Å². The Morgan fingerprint density at radius 2 is 2.05 bits per heavy atom. The SMILES string of the molecule is CCS(=O)(=O)CCCC1CCc2ccccc2C1N. The third-order valence-electron chi connectivity index (χ3n) is 4.18. The molecule has 2 N–H and O–H groups in total. The summed E-state index contributed by atoms with van der Waals surface area (Å²) in [6.07, 6.45) is 3.78. The Morgan fingerprint density at radius 1 is 1.32 bits per heavy atom. The molecule has 0 amide bonds. The Morgan fingerprint density at radius 3 is 2.79 bits per heavy atom. The molecular formula is C15H23NO2S. The molecule has 1 aromatic carbocycles. The first-order chi connectivity index (χ1) is 9.03. The summed E-state index contributed by atoms with van der Waals surface area (Å²) in [5.41, 5.74) is 8.92. The van der Waals surface area contributed by atoms with Crippen LogP contribution in [0.5, 0.6) is 0 Å². The van der Waals surface area contributed by atoms with Crippen LogP contribution in [0, 0.1) is 5.92 Å². The van der Waals surface area contributed by atoms with Crippen LogP contribution in [0.15, 0.2) is 24.3 Å². The number of fused-ring (bicyclic) bond motifs is 1. The van der Waals surface area contributed by atoms with Crippen molar-refractivity contribution in [2.45, 2.75) is 38.6 Å². The molecule has 0 radical (unpaired) electrons. The van der Waals surface area contributed by atoms with Crippen LogP contribution < -0.4 is 5.73 Å². The van der Waals surface area contributed by atoms with Crippen LogP contribution in [0.1, 0.15) is 43.4 Å². The molecule has 3 nitrogen and oxygen atoms in total. The van der Waals surface area contributed by atoms with E-state index in [0.29, 0.717) is 11.7 Å². The van der Waals surface area contributed by atoms with Gasteiger partial charge in [-0.15, -0.1) is 0 Å². The molecule has 0 spiro atoms.